The zero-order valence-corrected chi connectivity index (χ0v) is 13.0. The van der Waals surface area contributed by atoms with Crippen LogP contribution in [0.3, 0.4) is 0 Å². The van der Waals surface area contributed by atoms with Crippen molar-refractivity contribution in [3.8, 4) is 6.07 Å². The van der Waals surface area contributed by atoms with E-state index in [1.165, 1.54) is 18.6 Å². The molecule has 1 aliphatic rings. The molecule has 1 aromatic rings. The molecule has 1 amide bonds. The van der Waals surface area contributed by atoms with Gasteiger partial charge in [-0.3, -0.25) is 9.59 Å². The Balaban J connectivity index is 2.40. The molecule has 2 heterocycles. The van der Waals surface area contributed by atoms with Crippen molar-refractivity contribution in [2.24, 2.45) is 0 Å². The molecule has 1 fully saturated rings. The average molecular weight is 312 g/mol. The lowest BCUT2D eigenvalue weighted by atomic mass is 10.1. The van der Waals surface area contributed by atoms with E-state index in [4.69, 9.17) is 0 Å². The third kappa shape index (κ3) is 3.35. The third-order valence-corrected chi connectivity index (χ3v) is 3.47. The van der Waals surface area contributed by atoms with Gasteiger partial charge in [0.15, 0.2) is 6.29 Å². The molecule has 1 aromatic heterocycles. The maximum atomic E-state index is 12.1. The predicted molar refractivity (Wildman–Crippen MR) is 82.4 cm³/mol. The number of carbonyl (C=O) groups is 2. The van der Waals surface area contributed by atoms with Crippen molar-refractivity contribution in [3.63, 3.8) is 0 Å². The van der Waals surface area contributed by atoms with Crippen molar-refractivity contribution in [1.82, 2.24) is 20.2 Å². The number of rotatable bonds is 4. The van der Waals surface area contributed by atoms with Gasteiger partial charge in [-0.15, -0.1) is 0 Å². The summed E-state index contributed by atoms with van der Waals surface area (Å²) in [7, 11) is 1.71. The number of hydrogen-bond acceptors (Lipinski definition) is 7. The number of anilines is 1. The van der Waals surface area contributed by atoms with E-state index in [0.29, 0.717) is 12.1 Å². The Labute approximate surface area is 133 Å². The molecule has 8 heteroatoms. The smallest absolute Gasteiger partial charge is 0.270 e. The summed E-state index contributed by atoms with van der Waals surface area (Å²) in [4.78, 5) is 32.7. The number of nitrogens with zero attached hydrogens (tertiary/aromatic N) is 4. The van der Waals surface area contributed by atoms with Crippen LogP contribution < -0.4 is 10.6 Å². The van der Waals surface area contributed by atoms with Gasteiger partial charge in [-0.25, -0.2) is 9.97 Å². The van der Waals surface area contributed by atoms with Crippen molar-refractivity contribution in [3.05, 3.63) is 41.6 Å². The van der Waals surface area contributed by atoms with Crippen molar-refractivity contribution < 1.29 is 9.59 Å². The van der Waals surface area contributed by atoms with Crippen molar-refractivity contribution in [2.45, 2.75) is 19.5 Å². The number of carbonyl (C=O) groups excluding carboxylic acids is 2. The molecule has 0 saturated carbocycles. The molecule has 8 nitrogen and oxygen atoms in total. The molecule has 1 aliphatic heterocycles. The molecule has 2 N–H and O–H groups in total. The highest BCUT2D eigenvalue weighted by Crippen LogP contribution is 2.26. The summed E-state index contributed by atoms with van der Waals surface area (Å²) in [5, 5.41) is 14.9. The lowest BCUT2D eigenvalue weighted by Crippen LogP contribution is -2.43. The highest BCUT2D eigenvalue weighted by atomic mass is 16.2. The number of hydrogen-bond donors (Lipinski definition) is 2. The Hall–Kier alpha value is -3.21. The Morgan fingerprint density at radius 1 is 1.52 bits per heavy atom. The second-order valence-electron chi connectivity index (χ2n) is 5.38. The molecule has 23 heavy (non-hydrogen) atoms. The van der Waals surface area contributed by atoms with Gasteiger partial charge < -0.3 is 15.5 Å². The van der Waals surface area contributed by atoms with Crippen LogP contribution in [-0.2, 0) is 9.59 Å². The van der Waals surface area contributed by atoms with Crippen LogP contribution in [0.4, 0.5) is 5.82 Å². The molecule has 0 aliphatic carbocycles. The standard InChI is InChI=1S/C15H16N6O2/c1-15(2)20-14(23)13(21(15)3)10(7-16)6-11(8-22)19-12-4-5-17-9-18-12/h4-6,8-9H,1-3H3,(H,20,23)(H,17,18,19)/b11-6+,13-10+. The third-order valence-electron chi connectivity index (χ3n) is 3.47. The lowest BCUT2D eigenvalue weighted by molar-refractivity contribution is -0.117. The van der Waals surface area contributed by atoms with Gasteiger partial charge in [0.2, 0.25) is 0 Å². The first kappa shape index (κ1) is 16.2. The summed E-state index contributed by atoms with van der Waals surface area (Å²) in [5.41, 5.74) is -0.205. The van der Waals surface area contributed by atoms with Gasteiger partial charge in [0.1, 0.15) is 29.6 Å². The zero-order chi connectivity index (χ0) is 17.0. The van der Waals surface area contributed by atoms with Crippen LogP contribution in [0.1, 0.15) is 13.8 Å². The first-order valence-electron chi connectivity index (χ1n) is 6.79. The first-order chi connectivity index (χ1) is 10.9. The number of nitriles is 1. The molecule has 0 spiro atoms. The van der Waals surface area contributed by atoms with Gasteiger partial charge >= 0.3 is 0 Å². The van der Waals surface area contributed by atoms with Gasteiger partial charge in [0.05, 0.1) is 11.3 Å². The van der Waals surface area contributed by atoms with Crippen LogP contribution in [0.5, 0.6) is 0 Å². The van der Waals surface area contributed by atoms with E-state index in [2.05, 4.69) is 20.6 Å². The number of likely N-dealkylation sites (N-methyl/N-ethyl adjacent to an activating group) is 1. The Morgan fingerprint density at radius 2 is 2.26 bits per heavy atom. The topological polar surface area (TPSA) is 111 Å². The van der Waals surface area contributed by atoms with E-state index in [9.17, 15) is 14.9 Å². The molecule has 0 atom stereocenters. The fourth-order valence-corrected chi connectivity index (χ4v) is 2.08. The Bertz CT molecular complexity index is 730. The fourth-order valence-electron chi connectivity index (χ4n) is 2.08. The summed E-state index contributed by atoms with van der Waals surface area (Å²) in [6, 6.07) is 3.54. The fraction of sp³-hybridized carbons (Fsp3) is 0.267. The maximum Gasteiger partial charge on any atom is 0.270 e. The molecule has 0 radical (unpaired) electrons. The number of aldehydes is 1. The molecule has 0 bridgehead atoms. The number of amides is 1. The molecule has 0 aromatic carbocycles. The minimum Gasteiger partial charge on any atom is -0.347 e. The van der Waals surface area contributed by atoms with Crippen molar-refractivity contribution in [1.29, 1.82) is 5.26 Å². The molecule has 0 unspecified atom stereocenters. The first-order valence-corrected chi connectivity index (χ1v) is 6.79. The van der Waals surface area contributed by atoms with Crippen molar-refractivity contribution >= 4 is 18.0 Å². The molecular formula is C15H16N6O2. The molecule has 1 saturated heterocycles. The normalized spacial score (nSPS) is 19.0. The van der Waals surface area contributed by atoms with Gasteiger partial charge in [-0.1, -0.05) is 0 Å². The number of allylic oxidation sites excluding steroid dienone is 3. The van der Waals surface area contributed by atoms with E-state index >= 15 is 0 Å². The van der Waals surface area contributed by atoms with Crippen LogP contribution >= 0.6 is 0 Å². The SMILES string of the molecule is CN1/C(=C(C#N)\C=C(/C=O)Nc2ccncn2)C(=O)NC1(C)C. The second-order valence-corrected chi connectivity index (χ2v) is 5.38. The number of aromatic nitrogens is 2. The van der Waals surface area contributed by atoms with Gasteiger partial charge in [0.25, 0.3) is 5.91 Å². The van der Waals surface area contributed by atoms with E-state index in [-0.39, 0.29) is 22.9 Å². The largest absolute Gasteiger partial charge is 0.347 e. The van der Waals surface area contributed by atoms with Gasteiger partial charge in [0, 0.05) is 13.2 Å². The summed E-state index contributed by atoms with van der Waals surface area (Å²) in [5.74, 6) is 0.0442. The average Bonchev–Trinajstić information content (AvgIpc) is 2.73. The van der Waals surface area contributed by atoms with Crippen LogP contribution in [0.2, 0.25) is 0 Å². The summed E-state index contributed by atoms with van der Waals surface area (Å²) < 4.78 is 0. The van der Waals surface area contributed by atoms with Crippen LogP contribution in [0.15, 0.2) is 41.6 Å². The highest BCUT2D eigenvalue weighted by molar-refractivity contribution is 5.98. The van der Waals surface area contributed by atoms with Crippen LogP contribution in [0, 0.1) is 11.3 Å². The van der Waals surface area contributed by atoms with Gasteiger partial charge in [-0.2, -0.15) is 5.26 Å². The number of nitrogens with one attached hydrogen (secondary N) is 2. The zero-order valence-electron chi connectivity index (χ0n) is 13.0. The van der Waals surface area contributed by atoms with E-state index in [1.54, 1.807) is 18.0 Å². The van der Waals surface area contributed by atoms with Crippen molar-refractivity contribution in [2.75, 3.05) is 12.4 Å². The predicted octanol–water partition coefficient (Wildman–Crippen LogP) is 0.547. The minimum absolute atomic E-state index is 0.0826. The molecule has 118 valence electrons. The second kappa shape index (κ2) is 6.27. The van der Waals surface area contributed by atoms with E-state index in [0.717, 1.165) is 0 Å². The van der Waals surface area contributed by atoms with Crippen LogP contribution in [-0.4, -0.2) is 39.8 Å². The monoisotopic (exact) mass is 312 g/mol. The minimum atomic E-state index is -0.607. The summed E-state index contributed by atoms with van der Waals surface area (Å²) in [6.45, 7) is 3.63. The quantitative estimate of drug-likeness (QED) is 0.474. The Kier molecular flexibility index (Phi) is 4.41. The van der Waals surface area contributed by atoms with E-state index in [1.807, 2.05) is 19.9 Å². The lowest BCUT2D eigenvalue weighted by Gasteiger charge is -2.28. The van der Waals surface area contributed by atoms with E-state index < -0.39 is 5.66 Å². The maximum absolute atomic E-state index is 12.1. The molecular weight excluding hydrogens is 296 g/mol. The molecule has 2 rings (SSSR count). The Morgan fingerprint density at radius 3 is 2.74 bits per heavy atom. The van der Waals surface area contributed by atoms with Crippen LogP contribution in [0.25, 0.3) is 0 Å². The summed E-state index contributed by atoms with van der Waals surface area (Å²) >= 11 is 0. The van der Waals surface area contributed by atoms with Gasteiger partial charge in [-0.05, 0) is 26.0 Å². The highest BCUT2D eigenvalue weighted by Gasteiger charge is 2.39. The summed E-state index contributed by atoms with van der Waals surface area (Å²) in [6.07, 6.45) is 4.72.